The van der Waals surface area contributed by atoms with E-state index >= 15 is 0 Å². The number of hydrogen-bond donors (Lipinski definition) is 2. The third-order valence-corrected chi connectivity index (χ3v) is 2.34. The number of benzene rings is 1. The molecule has 0 bridgehead atoms. The van der Waals surface area contributed by atoms with Crippen LogP contribution >= 0.6 is 0 Å². The molecule has 0 saturated heterocycles. The van der Waals surface area contributed by atoms with Gasteiger partial charge in [0.1, 0.15) is 0 Å². The molecule has 0 spiro atoms. The molecule has 0 unspecified atom stereocenters. The zero-order valence-electron chi connectivity index (χ0n) is 8.51. The van der Waals surface area contributed by atoms with Crippen LogP contribution in [0, 0.1) is 10.1 Å². The third-order valence-electron chi connectivity index (χ3n) is 2.34. The van der Waals surface area contributed by atoms with E-state index in [0.29, 0.717) is 6.54 Å². The number of non-ortho nitro benzene ring substituents is 1. The molecule has 0 radical (unpaired) electrons. The van der Waals surface area contributed by atoms with Crippen molar-refractivity contribution in [1.82, 2.24) is 4.98 Å². The summed E-state index contributed by atoms with van der Waals surface area (Å²) in [6.45, 7) is 0.446. The highest BCUT2D eigenvalue weighted by atomic mass is 16.6. The Bertz CT molecular complexity index is 557. The summed E-state index contributed by atoms with van der Waals surface area (Å²) in [5, 5.41) is 11.5. The summed E-state index contributed by atoms with van der Waals surface area (Å²) >= 11 is 0. The lowest BCUT2D eigenvalue weighted by molar-refractivity contribution is -0.384. The molecule has 0 fully saturated rings. The highest BCUT2D eigenvalue weighted by molar-refractivity contribution is 5.90. The van der Waals surface area contributed by atoms with Gasteiger partial charge in [0, 0.05) is 35.8 Å². The average molecular weight is 217 g/mol. The number of aromatic amines is 1. The Labute approximate surface area is 91.7 Å². The van der Waals surface area contributed by atoms with E-state index < -0.39 is 4.92 Å². The van der Waals surface area contributed by atoms with Gasteiger partial charge in [-0.25, -0.2) is 0 Å². The van der Waals surface area contributed by atoms with Crippen molar-refractivity contribution in [2.24, 2.45) is 5.73 Å². The zero-order chi connectivity index (χ0) is 11.5. The summed E-state index contributed by atoms with van der Waals surface area (Å²) in [7, 11) is 0. The molecule has 1 aromatic heterocycles. The normalized spacial score (nSPS) is 11.3. The second-order valence-corrected chi connectivity index (χ2v) is 3.37. The number of nitro groups is 1. The van der Waals surface area contributed by atoms with Crippen molar-refractivity contribution in [1.29, 1.82) is 0 Å². The van der Waals surface area contributed by atoms with Gasteiger partial charge in [-0.1, -0.05) is 12.2 Å². The highest BCUT2D eigenvalue weighted by Gasteiger charge is 2.08. The van der Waals surface area contributed by atoms with Gasteiger partial charge < -0.3 is 10.7 Å². The first-order valence-electron chi connectivity index (χ1n) is 4.84. The quantitative estimate of drug-likeness (QED) is 0.609. The van der Waals surface area contributed by atoms with Crippen molar-refractivity contribution in [3.05, 3.63) is 46.1 Å². The standard InChI is InChI=1S/C11H11N3O2/c12-5-1-2-8-7-13-11-4-3-9(14(15)16)6-10(8)11/h1-4,6-7,13H,5,12H2. The summed E-state index contributed by atoms with van der Waals surface area (Å²) < 4.78 is 0. The largest absolute Gasteiger partial charge is 0.361 e. The maximum absolute atomic E-state index is 10.6. The Kier molecular flexibility index (Phi) is 2.70. The topological polar surface area (TPSA) is 85.0 Å². The molecule has 0 atom stereocenters. The first kappa shape index (κ1) is 10.4. The fourth-order valence-electron chi connectivity index (χ4n) is 1.58. The fourth-order valence-corrected chi connectivity index (χ4v) is 1.58. The Morgan fingerprint density at radius 1 is 1.50 bits per heavy atom. The zero-order valence-corrected chi connectivity index (χ0v) is 8.51. The molecule has 0 aliphatic heterocycles. The van der Waals surface area contributed by atoms with Gasteiger partial charge in [0.05, 0.1) is 4.92 Å². The van der Waals surface area contributed by atoms with Crippen LogP contribution in [0.2, 0.25) is 0 Å². The molecule has 5 nitrogen and oxygen atoms in total. The Hall–Kier alpha value is -2.14. The molecule has 2 aromatic rings. The molecule has 1 aromatic carbocycles. The summed E-state index contributed by atoms with van der Waals surface area (Å²) in [5.41, 5.74) is 7.24. The molecule has 0 aliphatic carbocycles. The van der Waals surface area contributed by atoms with Crippen molar-refractivity contribution < 1.29 is 4.92 Å². The molecule has 82 valence electrons. The van der Waals surface area contributed by atoms with Gasteiger partial charge >= 0.3 is 0 Å². The Morgan fingerprint density at radius 3 is 3.00 bits per heavy atom. The molecule has 3 N–H and O–H groups in total. The summed E-state index contributed by atoms with van der Waals surface area (Å²) in [6, 6.07) is 4.74. The number of nitrogens with two attached hydrogens (primary N) is 1. The van der Waals surface area contributed by atoms with E-state index in [1.54, 1.807) is 24.4 Å². The van der Waals surface area contributed by atoms with Crippen LogP contribution in [0.15, 0.2) is 30.5 Å². The minimum absolute atomic E-state index is 0.0921. The molecule has 0 aliphatic rings. The smallest absolute Gasteiger partial charge is 0.270 e. The number of fused-ring (bicyclic) bond motifs is 1. The lowest BCUT2D eigenvalue weighted by Gasteiger charge is -1.93. The maximum Gasteiger partial charge on any atom is 0.270 e. The van der Waals surface area contributed by atoms with Crippen LogP contribution in [-0.2, 0) is 0 Å². The monoisotopic (exact) mass is 217 g/mol. The lowest BCUT2D eigenvalue weighted by Crippen LogP contribution is -1.91. The number of rotatable bonds is 3. The Morgan fingerprint density at radius 2 is 2.31 bits per heavy atom. The van der Waals surface area contributed by atoms with Gasteiger partial charge in [-0.2, -0.15) is 0 Å². The van der Waals surface area contributed by atoms with Crippen molar-refractivity contribution in [3.8, 4) is 0 Å². The molecular weight excluding hydrogens is 206 g/mol. The van der Waals surface area contributed by atoms with Crippen LogP contribution in [0.4, 0.5) is 5.69 Å². The highest BCUT2D eigenvalue weighted by Crippen LogP contribution is 2.24. The third kappa shape index (κ3) is 1.80. The minimum Gasteiger partial charge on any atom is -0.361 e. The number of hydrogen-bond acceptors (Lipinski definition) is 3. The van der Waals surface area contributed by atoms with Gasteiger partial charge in [0.25, 0.3) is 5.69 Å². The van der Waals surface area contributed by atoms with Crippen LogP contribution in [-0.4, -0.2) is 16.5 Å². The van der Waals surface area contributed by atoms with Gasteiger partial charge in [-0.05, 0) is 11.6 Å². The molecule has 5 heteroatoms. The summed E-state index contributed by atoms with van der Waals surface area (Å²) in [6.07, 6.45) is 5.46. The first-order chi connectivity index (χ1) is 7.72. The van der Waals surface area contributed by atoms with Crippen molar-refractivity contribution >= 4 is 22.7 Å². The van der Waals surface area contributed by atoms with E-state index in [1.165, 1.54) is 6.07 Å². The predicted octanol–water partition coefficient (Wildman–Crippen LogP) is 2.05. The van der Waals surface area contributed by atoms with E-state index in [4.69, 9.17) is 5.73 Å². The molecule has 16 heavy (non-hydrogen) atoms. The van der Waals surface area contributed by atoms with Gasteiger partial charge in [-0.3, -0.25) is 10.1 Å². The van der Waals surface area contributed by atoms with Crippen molar-refractivity contribution in [2.75, 3.05) is 6.54 Å². The predicted molar refractivity (Wildman–Crippen MR) is 63.0 cm³/mol. The second kappa shape index (κ2) is 4.16. The maximum atomic E-state index is 10.6. The van der Waals surface area contributed by atoms with E-state index in [2.05, 4.69) is 4.98 Å². The second-order valence-electron chi connectivity index (χ2n) is 3.37. The lowest BCUT2D eigenvalue weighted by atomic mass is 10.1. The van der Waals surface area contributed by atoms with Crippen LogP contribution in [0.3, 0.4) is 0 Å². The van der Waals surface area contributed by atoms with Gasteiger partial charge in [0.15, 0.2) is 0 Å². The number of nitrogens with one attached hydrogen (secondary N) is 1. The van der Waals surface area contributed by atoms with Crippen molar-refractivity contribution in [2.45, 2.75) is 0 Å². The van der Waals surface area contributed by atoms with E-state index in [-0.39, 0.29) is 5.69 Å². The van der Waals surface area contributed by atoms with Gasteiger partial charge in [-0.15, -0.1) is 0 Å². The van der Waals surface area contributed by atoms with Crippen LogP contribution in [0.1, 0.15) is 5.56 Å². The first-order valence-corrected chi connectivity index (χ1v) is 4.84. The molecule has 0 amide bonds. The fraction of sp³-hybridized carbons (Fsp3) is 0.0909. The molecule has 1 heterocycles. The number of nitro benzene ring substituents is 1. The SMILES string of the molecule is NCC=Cc1c[nH]c2ccc([N+](=O)[O-])cc12. The van der Waals surface area contributed by atoms with Crippen LogP contribution < -0.4 is 5.73 Å². The molecular formula is C11H11N3O2. The number of H-pyrrole nitrogens is 1. The minimum atomic E-state index is -0.400. The summed E-state index contributed by atoms with van der Waals surface area (Å²) in [4.78, 5) is 13.3. The number of aromatic nitrogens is 1. The van der Waals surface area contributed by atoms with Crippen LogP contribution in [0.25, 0.3) is 17.0 Å². The van der Waals surface area contributed by atoms with Gasteiger partial charge in [0.2, 0.25) is 0 Å². The van der Waals surface area contributed by atoms with Crippen LogP contribution in [0.5, 0.6) is 0 Å². The van der Waals surface area contributed by atoms with E-state index in [9.17, 15) is 10.1 Å². The average Bonchev–Trinajstić information content (AvgIpc) is 2.68. The Balaban J connectivity index is 2.55. The molecule has 0 saturated carbocycles. The van der Waals surface area contributed by atoms with E-state index in [0.717, 1.165) is 16.5 Å². The van der Waals surface area contributed by atoms with Crippen molar-refractivity contribution in [3.63, 3.8) is 0 Å². The number of nitrogens with zero attached hydrogens (tertiary/aromatic N) is 1. The molecule has 2 rings (SSSR count). The summed E-state index contributed by atoms with van der Waals surface area (Å²) in [5.74, 6) is 0. The van der Waals surface area contributed by atoms with E-state index in [1.807, 2.05) is 6.08 Å².